The molecule has 0 saturated heterocycles. The highest BCUT2D eigenvalue weighted by atomic mass is 16.5. The number of nitriles is 1. The Morgan fingerprint density at radius 2 is 1.55 bits per heavy atom. The average Bonchev–Trinajstić information content (AvgIpc) is 3.59. The van der Waals surface area contributed by atoms with Gasteiger partial charge in [-0.15, -0.1) is 0 Å². The molecule has 1 fully saturated rings. The normalized spacial score (nSPS) is 13.0. The van der Waals surface area contributed by atoms with Crippen LogP contribution in [0.4, 0.5) is 0 Å². The Bertz CT molecular complexity index is 1120. The van der Waals surface area contributed by atoms with Gasteiger partial charge >= 0.3 is 0 Å². The smallest absolute Gasteiger partial charge is 0.285 e. The Morgan fingerprint density at radius 3 is 2.03 bits per heavy atom. The summed E-state index contributed by atoms with van der Waals surface area (Å²) in [6.45, 7) is 0.541. The number of hydrogen-bond donors (Lipinski definition) is 0. The highest BCUT2D eigenvalue weighted by Gasteiger charge is 2.26. The van der Waals surface area contributed by atoms with E-state index in [1.165, 1.54) is 4.68 Å². The first-order valence-corrected chi connectivity index (χ1v) is 9.48. The second-order valence-corrected chi connectivity index (χ2v) is 7.10. The molecule has 1 saturated carbocycles. The third kappa shape index (κ3) is 3.72. The van der Waals surface area contributed by atoms with E-state index in [2.05, 4.69) is 11.2 Å². The van der Waals surface area contributed by atoms with Crippen LogP contribution in [0.2, 0.25) is 0 Å². The van der Waals surface area contributed by atoms with Crippen molar-refractivity contribution in [1.29, 1.82) is 5.26 Å². The lowest BCUT2D eigenvalue weighted by atomic mass is 9.96. The van der Waals surface area contributed by atoms with E-state index in [0.717, 1.165) is 29.7 Å². The van der Waals surface area contributed by atoms with Gasteiger partial charge in [0, 0.05) is 17.7 Å². The molecular formula is C23H21N3O3. The van der Waals surface area contributed by atoms with E-state index in [1.54, 1.807) is 14.2 Å². The van der Waals surface area contributed by atoms with E-state index in [1.807, 2.05) is 48.5 Å². The SMILES string of the molecule is COc1ccc(-c2nn(CC3CC3)c(=O)c(C#N)c2-c2ccc(OC)cc2)cc1. The number of nitrogens with zero attached hydrogens (tertiary/aromatic N) is 3. The fourth-order valence-electron chi connectivity index (χ4n) is 3.33. The molecule has 6 nitrogen and oxygen atoms in total. The molecule has 1 aliphatic rings. The average molecular weight is 387 g/mol. The fourth-order valence-corrected chi connectivity index (χ4v) is 3.33. The van der Waals surface area contributed by atoms with Crippen molar-refractivity contribution in [3.8, 4) is 40.0 Å². The molecule has 0 amide bonds. The van der Waals surface area contributed by atoms with Gasteiger partial charge in [0.15, 0.2) is 0 Å². The maximum absolute atomic E-state index is 13.0. The summed E-state index contributed by atoms with van der Waals surface area (Å²) in [5.41, 5.74) is 2.47. The number of benzene rings is 2. The van der Waals surface area contributed by atoms with E-state index in [0.29, 0.717) is 29.5 Å². The number of methoxy groups -OCH3 is 2. The largest absolute Gasteiger partial charge is 0.497 e. The molecule has 1 aliphatic carbocycles. The quantitative estimate of drug-likeness (QED) is 0.642. The second kappa shape index (κ2) is 7.80. The van der Waals surface area contributed by atoms with Crippen LogP contribution in [0.25, 0.3) is 22.4 Å². The predicted octanol–water partition coefficient (Wildman–Crippen LogP) is 3.88. The number of aromatic nitrogens is 2. The van der Waals surface area contributed by atoms with Crippen LogP contribution < -0.4 is 15.0 Å². The molecule has 0 bridgehead atoms. The van der Waals surface area contributed by atoms with Crippen LogP contribution >= 0.6 is 0 Å². The molecule has 1 aromatic heterocycles. The van der Waals surface area contributed by atoms with Crippen LogP contribution in [0, 0.1) is 17.2 Å². The van der Waals surface area contributed by atoms with Gasteiger partial charge in [0.25, 0.3) is 5.56 Å². The summed E-state index contributed by atoms with van der Waals surface area (Å²) in [5.74, 6) is 1.89. The lowest BCUT2D eigenvalue weighted by molar-refractivity contribution is 0.414. The zero-order chi connectivity index (χ0) is 20.4. The second-order valence-electron chi connectivity index (χ2n) is 7.10. The van der Waals surface area contributed by atoms with E-state index >= 15 is 0 Å². The molecule has 0 N–H and O–H groups in total. The molecule has 0 unspecified atom stereocenters. The van der Waals surface area contributed by atoms with Gasteiger partial charge in [0.05, 0.1) is 14.2 Å². The summed E-state index contributed by atoms with van der Waals surface area (Å²) >= 11 is 0. The fraction of sp³-hybridized carbons (Fsp3) is 0.261. The molecule has 4 rings (SSSR count). The van der Waals surface area contributed by atoms with Gasteiger partial charge in [-0.1, -0.05) is 12.1 Å². The van der Waals surface area contributed by atoms with Crippen LogP contribution in [-0.4, -0.2) is 24.0 Å². The third-order valence-corrected chi connectivity index (χ3v) is 5.14. The van der Waals surface area contributed by atoms with Crippen molar-refractivity contribution in [2.45, 2.75) is 19.4 Å². The molecular weight excluding hydrogens is 366 g/mol. The van der Waals surface area contributed by atoms with Gasteiger partial charge in [-0.25, -0.2) is 4.68 Å². The Kier molecular flexibility index (Phi) is 5.05. The topological polar surface area (TPSA) is 77.1 Å². The van der Waals surface area contributed by atoms with Crippen molar-refractivity contribution in [2.75, 3.05) is 14.2 Å². The minimum Gasteiger partial charge on any atom is -0.497 e. The summed E-state index contributed by atoms with van der Waals surface area (Å²) in [6.07, 6.45) is 2.18. The standard InChI is InChI=1S/C23H21N3O3/c1-28-18-9-5-16(6-10-18)21-20(13-24)23(27)26(14-15-3-4-15)25-22(21)17-7-11-19(29-2)12-8-17/h5-12,15H,3-4,14H2,1-2H3. The van der Waals surface area contributed by atoms with Crippen LogP contribution in [0.3, 0.4) is 0 Å². The predicted molar refractivity (Wildman–Crippen MR) is 110 cm³/mol. The molecule has 2 aromatic carbocycles. The molecule has 3 aromatic rings. The number of rotatable bonds is 6. The highest BCUT2D eigenvalue weighted by Crippen LogP contribution is 2.35. The van der Waals surface area contributed by atoms with Crippen LogP contribution in [-0.2, 0) is 6.54 Å². The first-order valence-electron chi connectivity index (χ1n) is 9.48. The first-order chi connectivity index (χ1) is 14.1. The van der Waals surface area contributed by atoms with Crippen molar-refractivity contribution in [3.05, 3.63) is 64.4 Å². The molecule has 146 valence electrons. The Morgan fingerprint density at radius 1 is 1.00 bits per heavy atom. The van der Waals surface area contributed by atoms with Gasteiger partial charge in [-0.3, -0.25) is 4.79 Å². The zero-order valence-electron chi connectivity index (χ0n) is 16.4. The van der Waals surface area contributed by atoms with E-state index in [4.69, 9.17) is 9.47 Å². The van der Waals surface area contributed by atoms with E-state index in [-0.39, 0.29) is 11.1 Å². The van der Waals surface area contributed by atoms with Gasteiger partial charge in [0.1, 0.15) is 28.8 Å². The van der Waals surface area contributed by atoms with Crippen molar-refractivity contribution >= 4 is 0 Å². The summed E-state index contributed by atoms with van der Waals surface area (Å²) in [5, 5.41) is 14.5. The molecule has 1 heterocycles. The van der Waals surface area contributed by atoms with Crippen molar-refractivity contribution in [1.82, 2.24) is 9.78 Å². The van der Waals surface area contributed by atoms with Crippen LogP contribution in [0.15, 0.2) is 53.3 Å². The summed E-state index contributed by atoms with van der Waals surface area (Å²) in [7, 11) is 3.21. The Balaban J connectivity index is 1.95. The zero-order valence-corrected chi connectivity index (χ0v) is 16.4. The summed E-state index contributed by atoms with van der Waals surface area (Å²) in [6, 6.07) is 16.9. The van der Waals surface area contributed by atoms with E-state index in [9.17, 15) is 10.1 Å². The first kappa shape index (κ1) is 18.8. The maximum Gasteiger partial charge on any atom is 0.285 e. The van der Waals surface area contributed by atoms with Gasteiger partial charge in [0.2, 0.25) is 0 Å². The van der Waals surface area contributed by atoms with Gasteiger partial charge < -0.3 is 9.47 Å². The minimum absolute atomic E-state index is 0.108. The highest BCUT2D eigenvalue weighted by molar-refractivity contribution is 5.84. The van der Waals surface area contributed by atoms with Crippen LogP contribution in [0.1, 0.15) is 18.4 Å². The molecule has 0 atom stereocenters. The van der Waals surface area contributed by atoms with Gasteiger partial charge in [-0.05, 0) is 60.7 Å². The van der Waals surface area contributed by atoms with E-state index < -0.39 is 0 Å². The summed E-state index contributed by atoms with van der Waals surface area (Å²) < 4.78 is 11.9. The molecule has 29 heavy (non-hydrogen) atoms. The number of hydrogen-bond acceptors (Lipinski definition) is 5. The van der Waals surface area contributed by atoms with Crippen molar-refractivity contribution in [2.24, 2.45) is 5.92 Å². The summed E-state index contributed by atoms with van der Waals surface area (Å²) in [4.78, 5) is 13.0. The lowest BCUT2D eigenvalue weighted by Gasteiger charge is -2.15. The lowest BCUT2D eigenvalue weighted by Crippen LogP contribution is -2.27. The monoisotopic (exact) mass is 387 g/mol. The van der Waals surface area contributed by atoms with Crippen molar-refractivity contribution < 1.29 is 9.47 Å². The Labute approximate surface area is 168 Å². The molecule has 6 heteroatoms. The third-order valence-electron chi connectivity index (χ3n) is 5.14. The van der Waals surface area contributed by atoms with Crippen LogP contribution in [0.5, 0.6) is 11.5 Å². The molecule has 0 radical (unpaired) electrons. The molecule has 0 spiro atoms. The number of ether oxygens (including phenoxy) is 2. The Hall–Kier alpha value is -3.59. The maximum atomic E-state index is 13.0. The van der Waals surface area contributed by atoms with Crippen molar-refractivity contribution in [3.63, 3.8) is 0 Å². The minimum atomic E-state index is -0.345. The van der Waals surface area contributed by atoms with Gasteiger partial charge in [-0.2, -0.15) is 10.4 Å². The molecule has 0 aliphatic heterocycles.